The zero-order valence-corrected chi connectivity index (χ0v) is 15.4. The first kappa shape index (κ1) is 23.3. The van der Waals surface area contributed by atoms with E-state index in [9.17, 15) is 35.3 Å². The van der Waals surface area contributed by atoms with Crippen molar-refractivity contribution in [3.8, 4) is 5.88 Å². The van der Waals surface area contributed by atoms with E-state index in [4.69, 9.17) is 9.84 Å². The average molecular weight is 458 g/mol. The molecule has 1 amide bonds. The number of aliphatic hydroxyl groups excluding tert-OH is 1. The molecule has 0 saturated heterocycles. The largest absolute Gasteiger partial charge is 0.475 e. The lowest BCUT2D eigenvalue weighted by atomic mass is 10.3. The van der Waals surface area contributed by atoms with Gasteiger partial charge in [0.1, 0.15) is 12.2 Å². The van der Waals surface area contributed by atoms with Crippen molar-refractivity contribution < 1.29 is 45.2 Å². The minimum absolute atomic E-state index is 0.168. The van der Waals surface area contributed by atoms with Crippen molar-refractivity contribution in [3.05, 3.63) is 36.0 Å². The molecule has 30 heavy (non-hydrogen) atoms. The van der Waals surface area contributed by atoms with Crippen molar-refractivity contribution in [3.63, 3.8) is 0 Å². The van der Waals surface area contributed by atoms with E-state index in [1.54, 1.807) is 0 Å². The summed E-state index contributed by atoms with van der Waals surface area (Å²) in [5.74, 6) is -3.51. The van der Waals surface area contributed by atoms with E-state index in [1.807, 2.05) is 0 Å². The number of nitrogens with one attached hydrogen (secondary N) is 2. The van der Waals surface area contributed by atoms with Crippen LogP contribution in [0, 0.1) is 0 Å². The van der Waals surface area contributed by atoms with E-state index in [2.05, 4.69) is 15.3 Å². The Labute approximate surface area is 166 Å². The minimum Gasteiger partial charge on any atom is -0.475 e. The number of aromatic nitrogens is 2. The number of alkyl halides is 6. The van der Waals surface area contributed by atoms with Gasteiger partial charge >= 0.3 is 18.3 Å². The molecule has 0 aliphatic carbocycles. The molecule has 1 aromatic heterocycles. The van der Waals surface area contributed by atoms with Crippen LogP contribution in [-0.2, 0) is 22.0 Å². The second kappa shape index (κ2) is 9.25. The molecule has 1 aromatic carbocycles. The molecule has 0 bridgehead atoms. The van der Waals surface area contributed by atoms with Crippen LogP contribution >= 0.6 is 0 Å². The summed E-state index contributed by atoms with van der Waals surface area (Å²) in [5, 5.41) is 11.2. The van der Waals surface area contributed by atoms with Crippen LogP contribution in [0.3, 0.4) is 0 Å². The number of aliphatic hydroxyl groups is 1. The van der Waals surface area contributed by atoms with E-state index in [-0.39, 0.29) is 16.5 Å². The molecule has 164 valence electrons. The van der Waals surface area contributed by atoms with Gasteiger partial charge < -0.3 is 15.2 Å². The Morgan fingerprint density at radius 1 is 1.13 bits per heavy atom. The number of amides is 1. The molecule has 1 atom stereocenters. The minimum atomic E-state index is -5.20. The van der Waals surface area contributed by atoms with E-state index < -0.39 is 53.9 Å². The molecule has 0 spiro atoms. The van der Waals surface area contributed by atoms with Crippen LogP contribution in [0.25, 0.3) is 0 Å². The van der Waals surface area contributed by atoms with Gasteiger partial charge in [-0.1, -0.05) is 0 Å². The van der Waals surface area contributed by atoms with Gasteiger partial charge in [0.05, 0.1) is 11.5 Å². The summed E-state index contributed by atoms with van der Waals surface area (Å²) in [4.78, 5) is 17.7. The van der Waals surface area contributed by atoms with Gasteiger partial charge in [-0.15, -0.1) is 0 Å². The van der Waals surface area contributed by atoms with Gasteiger partial charge in [0.15, 0.2) is 11.0 Å². The van der Waals surface area contributed by atoms with Crippen molar-refractivity contribution in [1.82, 2.24) is 14.7 Å². The number of nitrogens with zero attached hydrogens (tertiary/aromatic N) is 2. The first-order valence-corrected chi connectivity index (χ1v) is 8.91. The number of hydrogen-bond acceptors (Lipinski definition) is 7. The quantitative estimate of drug-likeness (QED) is 0.546. The van der Waals surface area contributed by atoms with Crippen LogP contribution in [0.2, 0.25) is 0 Å². The van der Waals surface area contributed by atoms with Crippen LogP contribution in [0.1, 0.15) is 5.56 Å². The molecule has 0 saturated carbocycles. The maximum Gasteiger partial charge on any atom is 0.472 e. The van der Waals surface area contributed by atoms with Crippen molar-refractivity contribution in [2.75, 3.05) is 18.5 Å². The lowest BCUT2D eigenvalue weighted by Crippen LogP contribution is -2.37. The van der Waals surface area contributed by atoms with Crippen molar-refractivity contribution in [2.45, 2.75) is 17.2 Å². The Hall–Kier alpha value is -2.94. The second-order valence-electron chi connectivity index (χ2n) is 5.33. The molecule has 3 N–H and O–H groups in total. The SMILES string of the molecule is O=C(NS(=O)c1ccc(Nc2ncc(C(F)(F)F)c(OCCO)n2)cc1)C(F)(F)F. The van der Waals surface area contributed by atoms with Crippen LogP contribution in [-0.4, -0.2) is 44.6 Å². The Kier molecular flexibility index (Phi) is 7.20. The summed E-state index contributed by atoms with van der Waals surface area (Å²) >= 11 is 0. The topological polar surface area (TPSA) is 113 Å². The van der Waals surface area contributed by atoms with Gasteiger partial charge in [0.25, 0.3) is 0 Å². The molecule has 15 heteroatoms. The number of anilines is 2. The van der Waals surface area contributed by atoms with E-state index in [0.29, 0.717) is 6.20 Å². The zero-order chi connectivity index (χ0) is 22.5. The highest BCUT2D eigenvalue weighted by Crippen LogP contribution is 2.35. The van der Waals surface area contributed by atoms with Gasteiger partial charge in [0.2, 0.25) is 11.8 Å². The fourth-order valence-corrected chi connectivity index (χ4v) is 2.65. The van der Waals surface area contributed by atoms with E-state index in [1.165, 1.54) is 16.9 Å². The summed E-state index contributed by atoms with van der Waals surface area (Å²) in [7, 11) is -2.48. The fourth-order valence-electron chi connectivity index (χ4n) is 1.87. The van der Waals surface area contributed by atoms with Gasteiger partial charge in [-0.3, -0.25) is 9.52 Å². The van der Waals surface area contributed by atoms with E-state index in [0.717, 1.165) is 12.1 Å². The summed E-state index contributed by atoms with van der Waals surface area (Å²) in [6, 6.07) is 4.68. The van der Waals surface area contributed by atoms with Crippen molar-refractivity contribution in [1.29, 1.82) is 0 Å². The molecule has 1 unspecified atom stereocenters. The molecule has 0 aliphatic heterocycles. The predicted molar refractivity (Wildman–Crippen MR) is 89.9 cm³/mol. The third kappa shape index (κ3) is 6.28. The molecule has 1 heterocycles. The number of carbonyl (C=O) groups is 1. The Bertz CT molecular complexity index is 921. The highest BCUT2D eigenvalue weighted by Gasteiger charge is 2.40. The summed E-state index contributed by atoms with van der Waals surface area (Å²) in [6.45, 7) is -0.989. The highest BCUT2D eigenvalue weighted by molar-refractivity contribution is 7.83. The number of rotatable bonds is 7. The first-order valence-electron chi connectivity index (χ1n) is 7.76. The number of carbonyl (C=O) groups excluding carboxylic acids is 1. The van der Waals surface area contributed by atoms with Crippen molar-refractivity contribution in [2.24, 2.45) is 0 Å². The number of benzene rings is 1. The Morgan fingerprint density at radius 2 is 1.77 bits per heavy atom. The first-order chi connectivity index (χ1) is 13.9. The van der Waals surface area contributed by atoms with Crippen LogP contribution in [0.4, 0.5) is 38.0 Å². The van der Waals surface area contributed by atoms with Gasteiger partial charge in [-0.25, -0.2) is 9.19 Å². The Balaban J connectivity index is 2.15. The lowest BCUT2D eigenvalue weighted by Gasteiger charge is -2.13. The molecule has 0 aliphatic rings. The third-order valence-electron chi connectivity index (χ3n) is 3.16. The van der Waals surface area contributed by atoms with Gasteiger partial charge in [-0.05, 0) is 24.3 Å². The molecule has 8 nitrogen and oxygen atoms in total. The smallest absolute Gasteiger partial charge is 0.472 e. The zero-order valence-electron chi connectivity index (χ0n) is 14.5. The maximum absolute atomic E-state index is 12.9. The fraction of sp³-hybridized carbons (Fsp3) is 0.267. The maximum atomic E-state index is 12.9. The normalized spacial score (nSPS) is 12.9. The molecule has 0 fully saturated rings. The van der Waals surface area contributed by atoms with Crippen molar-refractivity contribution >= 4 is 28.5 Å². The number of hydrogen-bond donors (Lipinski definition) is 3. The lowest BCUT2D eigenvalue weighted by molar-refractivity contribution is -0.171. The summed E-state index contributed by atoms with van der Waals surface area (Å²) in [6.07, 6.45) is -9.53. The molecular formula is C15H12F6N4O4S. The summed E-state index contributed by atoms with van der Waals surface area (Å²) in [5.41, 5.74) is -1.07. The van der Waals surface area contributed by atoms with Crippen LogP contribution in [0.15, 0.2) is 35.4 Å². The monoisotopic (exact) mass is 458 g/mol. The second-order valence-corrected chi connectivity index (χ2v) is 6.54. The Morgan fingerprint density at radius 3 is 2.30 bits per heavy atom. The number of ether oxygens (including phenoxy) is 1. The molecule has 2 rings (SSSR count). The molecule has 0 radical (unpaired) electrons. The van der Waals surface area contributed by atoms with Crippen LogP contribution < -0.4 is 14.8 Å². The molecular weight excluding hydrogens is 446 g/mol. The third-order valence-corrected chi connectivity index (χ3v) is 4.23. The molecule has 2 aromatic rings. The van der Waals surface area contributed by atoms with Gasteiger partial charge in [-0.2, -0.15) is 31.3 Å². The standard InChI is InChI=1S/C15H12F6N4O4S/c16-14(17,18)10-7-22-13(24-11(10)29-6-5-26)23-8-1-3-9(4-2-8)30(28)25-12(27)15(19,20)21/h1-4,7,26H,5-6H2,(H,25,27)(H,22,23,24). The van der Waals surface area contributed by atoms with E-state index >= 15 is 0 Å². The average Bonchev–Trinajstić information content (AvgIpc) is 2.65. The summed E-state index contributed by atoms with van der Waals surface area (Å²) < 4.78 is 93.2. The number of halogens is 6. The predicted octanol–water partition coefficient (Wildman–Crippen LogP) is 2.31. The van der Waals surface area contributed by atoms with Gasteiger partial charge in [0, 0.05) is 11.9 Å². The van der Waals surface area contributed by atoms with Crippen LogP contribution in [0.5, 0.6) is 5.88 Å². The highest BCUT2D eigenvalue weighted by atomic mass is 32.2.